The first kappa shape index (κ1) is 21.3. The first-order chi connectivity index (χ1) is 20.4. The maximum Gasteiger partial charge on any atom is 0.178 e. The highest BCUT2D eigenvalue weighted by atomic mass is 15.1. The molecule has 5 heteroatoms. The first-order valence-electron chi connectivity index (χ1n) is 13.9. The Labute approximate surface area is 234 Å². The minimum absolute atomic E-state index is 0.748. The second-order valence-corrected chi connectivity index (χ2v) is 10.9. The molecule has 5 heterocycles. The molecule has 0 amide bonds. The molecule has 10 rings (SSSR count). The number of hydrogen-bond donors (Lipinski definition) is 0. The Balaban J connectivity index is 1.49. The van der Waals surface area contributed by atoms with Crippen LogP contribution in [0.1, 0.15) is 11.1 Å². The minimum Gasteiger partial charge on any atom is -0.308 e. The van der Waals surface area contributed by atoms with Crippen LogP contribution in [0.3, 0.4) is 0 Å². The minimum atomic E-state index is 0.748. The van der Waals surface area contributed by atoms with Crippen LogP contribution >= 0.6 is 0 Å². The topological polar surface area (TPSA) is 48.0 Å². The highest BCUT2D eigenvalue weighted by Crippen LogP contribution is 2.46. The summed E-state index contributed by atoms with van der Waals surface area (Å²) < 4.78 is 4.72. The largest absolute Gasteiger partial charge is 0.308 e. The molecule has 0 spiro atoms. The Morgan fingerprint density at radius 1 is 0.610 bits per heavy atom. The lowest BCUT2D eigenvalue weighted by Gasteiger charge is -2.14. The summed E-state index contributed by atoms with van der Waals surface area (Å²) in [6.45, 7) is 0. The van der Waals surface area contributed by atoms with Gasteiger partial charge in [0.1, 0.15) is 5.65 Å². The van der Waals surface area contributed by atoms with Gasteiger partial charge in [-0.15, -0.1) is 0 Å². The van der Waals surface area contributed by atoms with Gasteiger partial charge in [-0.05, 0) is 58.7 Å². The Bertz CT molecular complexity index is 2550. The molecule has 0 N–H and O–H groups in total. The normalized spacial score (nSPS) is 12.8. The molecule has 1 aliphatic carbocycles. The number of nitrogens with zero attached hydrogens (tertiary/aromatic N) is 5. The molecule has 0 unspecified atom stereocenters. The molecule has 190 valence electrons. The molecule has 1 aliphatic rings. The van der Waals surface area contributed by atoms with Crippen molar-refractivity contribution in [2.45, 2.75) is 6.42 Å². The summed E-state index contributed by atoms with van der Waals surface area (Å²) in [5, 5.41) is 5.86. The molecule has 0 radical (unpaired) electrons. The van der Waals surface area contributed by atoms with Crippen molar-refractivity contribution in [1.29, 1.82) is 0 Å². The average Bonchev–Trinajstić information content (AvgIpc) is 3.71. The lowest BCUT2D eigenvalue weighted by atomic mass is 10.0. The number of para-hydroxylation sites is 1. The zero-order chi connectivity index (χ0) is 26.7. The van der Waals surface area contributed by atoms with Gasteiger partial charge in [-0.2, -0.15) is 0 Å². The summed E-state index contributed by atoms with van der Waals surface area (Å²) in [4.78, 5) is 14.3. The Hall–Kier alpha value is -5.55. The van der Waals surface area contributed by atoms with E-state index < -0.39 is 0 Å². The molecule has 0 aliphatic heterocycles. The van der Waals surface area contributed by atoms with Gasteiger partial charge < -0.3 is 4.57 Å². The van der Waals surface area contributed by atoms with Crippen molar-refractivity contribution in [2.24, 2.45) is 0 Å². The standard InChI is InChI=1S/C36H21N5/c1-2-8-22(9-3-1)40-33-25(13-12-24-23-10-5-4-7-21(23)19-28(24)33)26-14-15-27-32(34(26)40)29-20-37-18-16-30(29)41-31-11-6-17-38-35(31)39-36(27)41/h1-18,20H,19H2. The van der Waals surface area contributed by atoms with Gasteiger partial charge >= 0.3 is 0 Å². The van der Waals surface area contributed by atoms with Crippen molar-refractivity contribution in [1.82, 2.24) is 23.9 Å². The molecule has 5 nitrogen and oxygen atoms in total. The van der Waals surface area contributed by atoms with Crippen molar-refractivity contribution in [3.8, 4) is 16.8 Å². The fourth-order valence-corrected chi connectivity index (χ4v) is 7.23. The smallest absolute Gasteiger partial charge is 0.178 e. The lowest BCUT2D eigenvalue weighted by molar-refractivity contribution is 1.16. The van der Waals surface area contributed by atoms with Crippen molar-refractivity contribution < 1.29 is 0 Å². The predicted molar refractivity (Wildman–Crippen MR) is 166 cm³/mol. The number of fused-ring (bicyclic) bond motifs is 16. The molecule has 41 heavy (non-hydrogen) atoms. The average molecular weight is 524 g/mol. The zero-order valence-corrected chi connectivity index (χ0v) is 21.9. The summed E-state index contributed by atoms with van der Waals surface area (Å²) in [5.41, 5.74) is 12.8. The van der Waals surface area contributed by atoms with Crippen LogP contribution in [-0.4, -0.2) is 23.9 Å². The molecular formula is C36H21N5. The van der Waals surface area contributed by atoms with E-state index in [-0.39, 0.29) is 0 Å². The van der Waals surface area contributed by atoms with Crippen LogP contribution in [0.4, 0.5) is 0 Å². The number of aromatic nitrogens is 5. The number of pyridine rings is 3. The second kappa shape index (κ2) is 7.55. The molecule has 0 saturated heterocycles. The highest BCUT2D eigenvalue weighted by Gasteiger charge is 2.26. The van der Waals surface area contributed by atoms with Crippen molar-refractivity contribution in [3.63, 3.8) is 0 Å². The van der Waals surface area contributed by atoms with Crippen molar-refractivity contribution >= 4 is 60.3 Å². The van der Waals surface area contributed by atoms with E-state index in [1.54, 1.807) is 0 Å². The predicted octanol–water partition coefficient (Wildman–Crippen LogP) is 8.25. The summed E-state index contributed by atoms with van der Waals surface area (Å²) in [6, 6.07) is 34.9. The van der Waals surface area contributed by atoms with E-state index in [9.17, 15) is 0 Å². The van der Waals surface area contributed by atoms with E-state index >= 15 is 0 Å². The van der Waals surface area contributed by atoms with E-state index in [4.69, 9.17) is 4.98 Å². The Morgan fingerprint density at radius 2 is 1.44 bits per heavy atom. The third-order valence-corrected chi connectivity index (χ3v) is 8.87. The summed E-state index contributed by atoms with van der Waals surface area (Å²) in [7, 11) is 0. The maximum absolute atomic E-state index is 5.06. The quantitative estimate of drug-likeness (QED) is 0.204. The van der Waals surface area contributed by atoms with E-state index in [0.717, 1.165) is 50.6 Å². The first-order valence-corrected chi connectivity index (χ1v) is 13.9. The van der Waals surface area contributed by atoms with Gasteiger partial charge in [0, 0.05) is 57.6 Å². The van der Waals surface area contributed by atoms with Crippen LogP contribution in [0.15, 0.2) is 116 Å². The van der Waals surface area contributed by atoms with Gasteiger partial charge in [-0.1, -0.05) is 60.7 Å². The summed E-state index contributed by atoms with van der Waals surface area (Å²) in [5.74, 6) is 0. The van der Waals surface area contributed by atoms with Crippen LogP contribution in [-0.2, 0) is 6.42 Å². The third-order valence-electron chi connectivity index (χ3n) is 8.87. The van der Waals surface area contributed by atoms with E-state index in [2.05, 4.69) is 110 Å². The Morgan fingerprint density at radius 3 is 2.39 bits per heavy atom. The summed E-state index contributed by atoms with van der Waals surface area (Å²) >= 11 is 0. The zero-order valence-electron chi connectivity index (χ0n) is 21.9. The molecular weight excluding hydrogens is 502 g/mol. The van der Waals surface area contributed by atoms with Gasteiger partial charge in [0.15, 0.2) is 5.65 Å². The third kappa shape index (κ3) is 2.63. The molecule has 0 fully saturated rings. The second-order valence-electron chi connectivity index (χ2n) is 10.9. The van der Waals surface area contributed by atoms with Gasteiger partial charge in [0.05, 0.1) is 22.1 Å². The van der Waals surface area contributed by atoms with Crippen molar-refractivity contribution in [3.05, 3.63) is 127 Å². The Kier molecular flexibility index (Phi) is 3.92. The number of benzene rings is 4. The molecule has 5 aromatic heterocycles. The molecule has 0 atom stereocenters. The number of rotatable bonds is 1. The van der Waals surface area contributed by atoms with Gasteiger partial charge in [-0.25, -0.2) is 9.97 Å². The maximum atomic E-state index is 5.06. The van der Waals surface area contributed by atoms with Gasteiger partial charge in [-0.3, -0.25) is 9.38 Å². The van der Waals surface area contributed by atoms with Crippen molar-refractivity contribution in [2.75, 3.05) is 0 Å². The van der Waals surface area contributed by atoms with E-state index in [1.807, 2.05) is 24.7 Å². The highest BCUT2D eigenvalue weighted by molar-refractivity contribution is 6.28. The molecule has 0 saturated carbocycles. The summed E-state index contributed by atoms with van der Waals surface area (Å²) in [6.07, 6.45) is 6.61. The molecule has 0 bridgehead atoms. The van der Waals surface area contributed by atoms with Crippen LogP contribution in [0.25, 0.3) is 77.1 Å². The van der Waals surface area contributed by atoms with E-state index in [1.165, 1.54) is 44.1 Å². The van der Waals surface area contributed by atoms with Crippen LogP contribution in [0, 0.1) is 0 Å². The van der Waals surface area contributed by atoms with Gasteiger partial charge in [0.2, 0.25) is 0 Å². The van der Waals surface area contributed by atoms with Crippen LogP contribution in [0.2, 0.25) is 0 Å². The SMILES string of the molecule is c1ccc(-n2c3c4c(ccc3c3ccc5c(c6cnccc6n6c7cccnc7nc56)c32)-c2ccccc2C4)cc1. The lowest BCUT2D eigenvalue weighted by Crippen LogP contribution is -1.98. The van der Waals surface area contributed by atoms with Crippen LogP contribution in [0.5, 0.6) is 0 Å². The molecule has 4 aromatic carbocycles. The fourth-order valence-electron chi connectivity index (χ4n) is 7.23. The number of imidazole rings is 1. The number of hydrogen-bond acceptors (Lipinski definition) is 3. The van der Waals surface area contributed by atoms with Crippen LogP contribution < -0.4 is 0 Å². The fraction of sp³-hybridized carbons (Fsp3) is 0.0278. The molecule has 9 aromatic rings. The van der Waals surface area contributed by atoms with Gasteiger partial charge in [0.25, 0.3) is 0 Å². The van der Waals surface area contributed by atoms with E-state index in [0.29, 0.717) is 0 Å². The monoisotopic (exact) mass is 523 g/mol.